The molecule has 1 aromatic heterocycles. The molecule has 0 radical (unpaired) electrons. The number of halogens is 1. The third kappa shape index (κ3) is 4.23. The van der Waals surface area contributed by atoms with E-state index in [2.05, 4.69) is 4.57 Å². The number of rotatable bonds is 6. The van der Waals surface area contributed by atoms with E-state index in [4.69, 9.17) is 18.9 Å². The molecule has 186 valence electrons. The van der Waals surface area contributed by atoms with Crippen molar-refractivity contribution in [3.8, 4) is 22.9 Å². The Kier molecular flexibility index (Phi) is 6.15. The molecule has 3 heterocycles. The van der Waals surface area contributed by atoms with Crippen LogP contribution < -0.4 is 14.2 Å². The summed E-state index contributed by atoms with van der Waals surface area (Å²) in [5.41, 5.74) is 1.78. The van der Waals surface area contributed by atoms with Crippen molar-refractivity contribution in [3.63, 3.8) is 0 Å². The van der Waals surface area contributed by atoms with Gasteiger partial charge in [0.25, 0.3) is 5.91 Å². The summed E-state index contributed by atoms with van der Waals surface area (Å²) in [6.45, 7) is 3.32. The predicted octanol–water partition coefficient (Wildman–Crippen LogP) is 4.81. The third-order valence-electron chi connectivity index (χ3n) is 6.85. The lowest BCUT2D eigenvalue weighted by Gasteiger charge is -2.45. The summed E-state index contributed by atoms with van der Waals surface area (Å²) in [4.78, 5) is 15.1. The molecule has 0 N–H and O–H groups in total. The van der Waals surface area contributed by atoms with Crippen molar-refractivity contribution in [1.82, 2.24) is 9.47 Å². The second-order valence-electron chi connectivity index (χ2n) is 8.99. The largest absolute Gasteiger partial charge is 0.493 e. The number of amides is 1. The Bertz CT molecular complexity index is 1240. The predicted molar refractivity (Wildman–Crippen MR) is 130 cm³/mol. The molecule has 1 amide bonds. The van der Waals surface area contributed by atoms with Crippen LogP contribution in [-0.4, -0.2) is 55.4 Å². The smallest absolute Gasteiger partial charge is 0.253 e. The van der Waals surface area contributed by atoms with Crippen molar-refractivity contribution in [2.45, 2.75) is 31.5 Å². The van der Waals surface area contributed by atoms with Crippen LogP contribution in [0, 0.1) is 5.82 Å². The number of likely N-dealkylation sites (tertiary alicyclic amines) is 1. The Balaban J connectivity index is 0.00000304. The van der Waals surface area contributed by atoms with Crippen molar-refractivity contribution in [3.05, 3.63) is 71.8 Å². The number of piperidine rings is 1. The average molecular weight is 483 g/mol. The lowest BCUT2D eigenvalue weighted by Crippen LogP contribution is -2.50. The van der Waals surface area contributed by atoms with Gasteiger partial charge in [0, 0.05) is 52.3 Å². The van der Waals surface area contributed by atoms with Crippen LogP contribution >= 0.6 is 0 Å². The summed E-state index contributed by atoms with van der Waals surface area (Å²) in [6.07, 6.45) is 3.11. The van der Waals surface area contributed by atoms with Crippen molar-refractivity contribution < 1.29 is 29.6 Å². The molecule has 2 aromatic carbocycles. The summed E-state index contributed by atoms with van der Waals surface area (Å²) in [5.74, 6) is 1.18. The van der Waals surface area contributed by atoms with Gasteiger partial charge >= 0.3 is 0 Å². The number of carbonyl (C=O) groups excluding carboxylic acids is 1. The van der Waals surface area contributed by atoms with E-state index in [9.17, 15) is 9.18 Å². The molecule has 1 saturated heterocycles. The normalized spacial score (nSPS) is 16.7. The van der Waals surface area contributed by atoms with Crippen LogP contribution in [0.3, 0.4) is 0 Å². The number of fused-ring (bicyclic) bond motifs is 4. The highest BCUT2D eigenvalue weighted by atomic mass is 19.1. The molecular weight excluding hydrogens is 451 g/mol. The van der Waals surface area contributed by atoms with E-state index in [1.54, 1.807) is 38.5 Å². The van der Waals surface area contributed by atoms with E-state index in [1.807, 2.05) is 30.2 Å². The number of hydrogen-bond acceptors (Lipinski definition) is 5. The van der Waals surface area contributed by atoms with E-state index < -0.39 is 5.60 Å². The second-order valence-corrected chi connectivity index (χ2v) is 8.99. The Morgan fingerprint density at radius 1 is 1.14 bits per heavy atom. The van der Waals surface area contributed by atoms with Crippen LogP contribution in [0.1, 0.15) is 37.2 Å². The van der Waals surface area contributed by atoms with Crippen LogP contribution in [0.2, 0.25) is 0 Å². The summed E-state index contributed by atoms with van der Waals surface area (Å²) >= 11 is 0. The summed E-state index contributed by atoms with van der Waals surface area (Å²) in [6, 6.07) is 13.8. The molecule has 1 spiro atoms. The maximum Gasteiger partial charge on any atom is 0.253 e. The highest BCUT2D eigenvalue weighted by Gasteiger charge is 2.44. The highest BCUT2D eigenvalue weighted by molar-refractivity contribution is 5.95. The topological polar surface area (TPSA) is 62.2 Å². The quantitative estimate of drug-likeness (QED) is 0.505. The zero-order valence-electron chi connectivity index (χ0n) is 20.1. The molecule has 0 saturated carbocycles. The zero-order valence-corrected chi connectivity index (χ0v) is 20.1. The van der Waals surface area contributed by atoms with Gasteiger partial charge in [-0.3, -0.25) is 4.79 Å². The minimum Gasteiger partial charge on any atom is -0.493 e. The molecule has 2 aliphatic heterocycles. The Morgan fingerprint density at radius 2 is 1.94 bits per heavy atom. The summed E-state index contributed by atoms with van der Waals surface area (Å²) < 4.78 is 38.9. The van der Waals surface area contributed by atoms with Crippen molar-refractivity contribution in [2.75, 3.05) is 33.9 Å². The summed E-state index contributed by atoms with van der Waals surface area (Å²) in [7, 11) is 3.18. The molecule has 0 bridgehead atoms. The fourth-order valence-corrected chi connectivity index (χ4v) is 4.80. The van der Waals surface area contributed by atoms with Gasteiger partial charge in [-0.25, -0.2) is 4.39 Å². The lowest BCUT2D eigenvalue weighted by atomic mass is 9.86. The number of carbonyl (C=O) groups is 1. The molecule has 0 unspecified atom stereocenters. The maximum atomic E-state index is 13.9. The van der Waals surface area contributed by atoms with Gasteiger partial charge in [0.2, 0.25) is 0 Å². The van der Waals surface area contributed by atoms with E-state index in [0.717, 1.165) is 11.4 Å². The first-order valence-corrected chi connectivity index (χ1v) is 11.7. The summed E-state index contributed by atoms with van der Waals surface area (Å²) in [5, 5.41) is 0. The van der Waals surface area contributed by atoms with Crippen molar-refractivity contribution in [2.24, 2.45) is 0 Å². The molecule has 5 rings (SSSR count). The number of methoxy groups -OCH3 is 2. The SMILES string of the molecule is COc1cc(C(=O)N2CCC3(CC2)Oc2cc(F)ccc2-n2cccc23)ccc1OC[C@@H](C)OC.[HH]. The van der Waals surface area contributed by atoms with Gasteiger partial charge in [-0.15, -0.1) is 0 Å². The highest BCUT2D eigenvalue weighted by Crippen LogP contribution is 2.45. The number of aromatic nitrogens is 1. The fourth-order valence-electron chi connectivity index (χ4n) is 4.80. The Hall–Kier alpha value is -3.52. The van der Waals surface area contributed by atoms with Crippen LogP contribution in [0.5, 0.6) is 17.2 Å². The minimum absolute atomic E-state index is 0. The van der Waals surface area contributed by atoms with Gasteiger partial charge in [-0.2, -0.15) is 0 Å². The van der Waals surface area contributed by atoms with Gasteiger partial charge in [-0.05, 0) is 49.4 Å². The van der Waals surface area contributed by atoms with E-state index in [0.29, 0.717) is 55.4 Å². The lowest BCUT2D eigenvalue weighted by molar-refractivity contribution is -0.00951. The van der Waals surface area contributed by atoms with Crippen molar-refractivity contribution >= 4 is 5.91 Å². The standard InChI is InChI=1S/C27H29FN2O5.H2/c1-18(32-2)17-34-22-9-6-19(15-24(22)33-3)26(31)29-13-10-27(11-14-29)25-5-4-12-30(25)21-8-7-20(28)16-23(21)35-27;/h4-9,12,15-16,18H,10-11,13-14,17H2,1-3H3;1H/t18-;/m1./s1. The van der Waals surface area contributed by atoms with Crippen LogP contribution in [0.15, 0.2) is 54.7 Å². The molecule has 2 aliphatic rings. The van der Waals surface area contributed by atoms with E-state index >= 15 is 0 Å². The zero-order chi connectivity index (χ0) is 24.6. The number of nitrogens with zero attached hydrogens (tertiary/aromatic N) is 2. The molecule has 1 fully saturated rings. The van der Waals surface area contributed by atoms with Gasteiger partial charge in [0.1, 0.15) is 18.2 Å². The first-order valence-electron chi connectivity index (χ1n) is 11.7. The third-order valence-corrected chi connectivity index (χ3v) is 6.85. The minimum atomic E-state index is -0.603. The van der Waals surface area contributed by atoms with Crippen LogP contribution in [0.4, 0.5) is 4.39 Å². The first-order chi connectivity index (χ1) is 16.9. The monoisotopic (exact) mass is 482 g/mol. The molecule has 8 heteroatoms. The number of benzene rings is 2. The van der Waals surface area contributed by atoms with Gasteiger partial charge in [0.15, 0.2) is 17.1 Å². The van der Waals surface area contributed by atoms with Crippen LogP contribution in [-0.2, 0) is 10.3 Å². The Labute approximate surface area is 205 Å². The molecule has 0 aliphatic carbocycles. The van der Waals surface area contributed by atoms with Crippen molar-refractivity contribution in [1.29, 1.82) is 0 Å². The maximum absolute atomic E-state index is 13.9. The molecule has 1 atom stereocenters. The van der Waals surface area contributed by atoms with E-state index in [1.165, 1.54) is 12.1 Å². The molecular formula is C27H31FN2O5. The number of ether oxygens (including phenoxy) is 4. The molecule has 3 aromatic rings. The van der Waals surface area contributed by atoms with Gasteiger partial charge in [0.05, 0.1) is 24.6 Å². The van der Waals surface area contributed by atoms with Gasteiger partial charge in [-0.1, -0.05) is 0 Å². The second kappa shape index (κ2) is 9.26. The number of hydrogen-bond donors (Lipinski definition) is 0. The molecule has 7 nitrogen and oxygen atoms in total. The average Bonchev–Trinajstić information content (AvgIpc) is 3.38. The molecule has 35 heavy (non-hydrogen) atoms. The van der Waals surface area contributed by atoms with E-state index in [-0.39, 0.29) is 19.3 Å². The van der Waals surface area contributed by atoms with Gasteiger partial charge < -0.3 is 28.4 Å². The fraction of sp³-hybridized carbons (Fsp3) is 0.370. The van der Waals surface area contributed by atoms with Crippen LogP contribution in [0.25, 0.3) is 5.69 Å². The Morgan fingerprint density at radius 3 is 2.69 bits per heavy atom. The first kappa shape index (κ1) is 23.2.